The van der Waals surface area contributed by atoms with Gasteiger partial charge in [-0.2, -0.15) is 4.31 Å². The van der Waals surface area contributed by atoms with Crippen molar-refractivity contribution >= 4 is 27.5 Å². The highest BCUT2D eigenvalue weighted by Gasteiger charge is 2.31. The zero-order valence-electron chi connectivity index (χ0n) is 20.0. The van der Waals surface area contributed by atoms with E-state index in [0.29, 0.717) is 30.5 Å². The molecule has 1 heterocycles. The first kappa shape index (κ1) is 24.9. The highest BCUT2D eigenvalue weighted by Crippen LogP contribution is 2.27. The number of carbonyl (C=O) groups is 2. The number of amides is 2. The standard InChI is InChI=1S/C25H33N3O4S/c1-17-13-18(2)15-28(14-17)33(31,32)22-11-9-21(10-12-22)25(30)27(5)16-24(29)26-23-8-6-7-19(3)20(23)4/h6-12,17-18H,13-16H2,1-5H3,(H,26,29)/t17-,18-/m0/s1. The molecule has 2 aromatic rings. The largest absolute Gasteiger partial charge is 0.332 e. The lowest BCUT2D eigenvalue weighted by atomic mass is 9.94. The fourth-order valence-electron chi connectivity index (χ4n) is 4.30. The molecule has 2 aromatic carbocycles. The average Bonchev–Trinajstić information content (AvgIpc) is 2.75. The average molecular weight is 472 g/mol. The van der Waals surface area contributed by atoms with Crippen molar-refractivity contribution < 1.29 is 18.0 Å². The highest BCUT2D eigenvalue weighted by molar-refractivity contribution is 7.89. The van der Waals surface area contributed by atoms with Crippen molar-refractivity contribution in [1.29, 1.82) is 0 Å². The van der Waals surface area contributed by atoms with Crippen LogP contribution in [0.5, 0.6) is 0 Å². The second-order valence-electron chi connectivity index (χ2n) is 9.25. The van der Waals surface area contributed by atoms with Crippen molar-refractivity contribution in [3.05, 3.63) is 59.2 Å². The zero-order valence-corrected chi connectivity index (χ0v) is 20.8. The molecule has 1 fully saturated rings. The quantitative estimate of drug-likeness (QED) is 0.696. The maximum Gasteiger partial charge on any atom is 0.254 e. The first-order valence-corrected chi connectivity index (χ1v) is 12.6. The molecule has 0 aromatic heterocycles. The Kier molecular flexibility index (Phi) is 7.59. The number of hydrogen-bond donors (Lipinski definition) is 1. The fourth-order valence-corrected chi connectivity index (χ4v) is 5.98. The number of piperidine rings is 1. The number of carbonyl (C=O) groups excluding carboxylic acids is 2. The lowest BCUT2D eigenvalue weighted by molar-refractivity contribution is -0.116. The molecule has 178 valence electrons. The van der Waals surface area contributed by atoms with E-state index in [0.717, 1.165) is 23.2 Å². The minimum absolute atomic E-state index is 0.115. The Labute approximate surface area is 196 Å². The maximum atomic E-state index is 13.0. The van der Waals surface area contributed by atoms with Gasteiger partial charge in [0.15, 0.2) is 0 Å². The maximum absolute atomic E-state index is 13.0. The lowest BCUT2D eigenvalue weighted by Crippen LogP contribution is -2.42. The van der Waals surface area contributed by atoms with Crippen molar-refractivity contribution in [3.63, 3.8) is 0 Å². The van der Waals surface area contributed by atoms with Crippen LogP contribution < -0.4 is 5.32 Å². The molecular formula is C25H33N3O4S. The Morgan fingerprint density at radius 3 is 2.24 bits per heavy atom. The van der Waals surface area contributed by atoms with Crippen LogP contribution in [-0.4, -0.2) is 56.1 Å². The smallest absolute Gasteiger partial charge is 0.254 e. The molecule has 0 saturated carbocycles. The molecule has 3 rings (SSSR count). The molecule has 33 heavy (non-hydrogen) atoms. The molecule has 0 bridgehead atoms. The summed E-state index contributed by atoms with van der Waals surface area (Å²) in [7, 11) is -2.06. The monoisotopic (exact) mass is 471 g/mol. The first-order valence-electron chi connectivity index (χ1n) is 11.2. The predicted octanol–water partition coefficient (Wildman–Crippen LogP) is 3.68. The normalized spacial score (nSPS) is 19.2. The number of nitrogens with one attached hydrogen (secondary N) is 1. The topological polar surface area (TPSA) is 86.8 Å². The number of sulfonamides is 1. The summed E-state index contributed by atoms with van der Waals surface area (Å²) in [4.78, 5) is 26.7. The van der Waals surface area contributed by atoms with Crippen LogP contribution in [0.25, 0.3) is 0 Å². The Bertz CT molecular complexity index is 1120. The summed E-state index contributed by atoms with van der Waals surface area (Å²) in [6.07, 6.45) is 1.02. The van der Waals surface area contributed by atoms with Crippen LogP contribution in [-0.2, 0) is 14.8 Å². The molecular weight excluding hydrogens is 438 g/mol. The molecule has 0 spiro atoms. The molecule has 1 aliphatic rings. The summed E-state index contributed by atoms with van der Waals surface area (Å²) in [5.41, 5.74) is 3.10. The van der Waals surface area contributed by atoms with Gasteiger partial charge in [0.05, 0.1) is 11.4 Å². The van der Waals surface area contributed by atoms with E-state index in [2.05, 4.69) is 19.2 Å². The third-order valence-corrected chi connectivity index (χ3v) is 8.03. The van der Waals surface area contributed by atoms with Crippen LogP contribution in [0.3, 0.4) is 0 Å². The summed E-state index contributed by atoms with van der Waals surface area (Å²) in [6.45, 7) is 8.92. The second-order valence-corrected chi connectivity index (χ2v) is 11.2. The van der Waals surface area contributed by atoms with E-state index in [9.17, 15) is 18.0 Å². The second kappa shape index (κ2) is 10.1. The molecule has 1 aliphatic heterocycles. The number of nitrogens with zero attached hydrogens (tertiary/aromatic N) is 2. The third kappa shape index (κ3) is 5.81. The van der Waals surface area contributed by atoms with Gasteiger partial charge in [-0.3, -0.25) is 9.59 Å². The van der Waals surface area contributed by atoms with E-state index in [1.165, 1.54) is 33.5 Å². The lowest BCUT2D eigenvalue weighted by Gasteiger charge is -2.34. The first-order chi connectivity index (χ1) is 15.5. The van der Waals surface area contributed by atoms with Crippen LogP contribution in [0, 0.1) is 25.7 Å². The number of benzene rings is 2. The fraction of sp³-hybridized carbons (Fsp3) is 0.440. The molecule has 2 atom stereocenters. The summed E-state index contributed by atoms with van der Waals surface area (Å²) in [5.74, 6) is -0.0251. The Balaban J connectivity index is 1.65. The zero-order chi connectivity index (χ0) is 24.3. The van der Waals surface area contributed by atoms with Crippen molar-refractivity contribution in [2.24, 2.45) is 11.8 Å². The van der Waals surface area contributed by atoms with Crippen LogP contribution in [0.2, 0.25) is 0 Å². The van der Waals surface area contributed by atoms with Crippen molar-refractivity contribution in [2.45, 2.75) is 39.0 Å². The molecule has 0 radical (unpaired) electrons. The predicted molar refractivity (Wildman–Crippen MR) is 130 cm³/mol. The molecule has 7 nitrogen and oxygen atoms in total. The van der Waals surface area contributed by atoms with Gasteiger partial charge >= 0.3 is 0 Å². The van der Waals surface area contributed by atoms with E-state index in [-0.39, 0.29) is 23.3 Å². The van der Waals surface area contributed by atoms with Gasteiger partial charge in [0, 0.05) is 31.4 Å². The van der Waals surface area contributed by atoms with E-state index < -0.39 is 10.0 Å². The van der Waals surface area contributed by atoms with Gasteiger partial charge in [0.1, 0.15) is 0 Å². The van der Waals surface area contributed by atoms with Crippen LogP contribution in [0.1, 0.15) is 41.8 Å². The highest BCUT2D eigenvalue weighted by atomic mass is 32.2. The third-order valence-electron chi connectivity index (χ3n) is 6.18. The van der Waals surface area contributed by atoms with Crippen LogP contribution >= 0.6 is 0 Å². The SMILES string of the molecule is Cc1cccc(NC(=O)CN(C)C(=O)c2ccc(S(=O)(=O)N3C[C@@H](C)C[C@H](C)C3)cc2)c1C. The summed E-state index contributed by atoms with van der Waals surface area (Å²) in [6, 6.07) is 11.6. The van der Waals surface area contributed by atoms with Gasteiger partial charge in [-0.15, -0.1) is 0 Å². The van der Waals surface area contributed by atoms with Gasteiger partial charge in [-0.25, -0.2) is 8.42 Å². The van der Waals surface area contributed by atoms with Gasteiger partial charge < -0.3 is 10.2 Å². The van der Waals surface area contributed by atoms with Crippen LogP contribution in [0.15, 0.2) is 47.4 Å². The Hall–Kier alpha value is -2.71. The number of likely N-dealkylation sites (N-methyl/N-ethyl adjacent to an activating group) is 1. The number of hydrogen-bond acceptors (Lipinski definition) is 4. The molecule has 1 N–H and O–H groups in total. The number of rotatable bonds is 6. The minimum Gasteiger partial charge on any atom is -0.332 e. The molecule has 8 heteroatoms. The number of anilines is 1. The molecule has 2 amide bonds. The Morgan fingerprint density at radius 2 is 1.64 bits per heavy atom. The molecule has 0 aliphatic carbocycles. The Morgan fingerprint density at radius 1 is 1.03 bits per heavy atom. The van der Waals surface area contributed by atoms with Crippen molar-refractivity contribution in [1.82, 2.24) is 9.21 Å². The molecule has 1 saturated heterocycles. The van der Waals surface area contributed by atoms with Crippen molar-refractivity contribution in [2.75, 3.05) is 32.0 Å². The molecule has 0 unspecified atom stereocenters. The van der Waals surface area contributed by atoms with E-state index >= 15 is 0 Å². The summed E-state index contributed by atoms with van der Waals surface area (Å²) in [5, 5.41) is 2.84. The van der Waals surface area contributed by atoms with Gasteiger partial charge in [-0.1, -0.05) is 26.0 Å². The minimum atomic E-state index is -3.61. The summed E-state index contributed by atoms with van der Waals surface area (Å²) < 4.78 is 27.6. The number of aryl methyl sites for hydroxylation is 1. The van der Waals surface area contributed by atoms with E-state index in [4.69, 9.17) is 0 Å². The van der Waals surface area contributed by atoms with Gasteiger partial charge in [0.2, 0.25) is 15.9 Å². The van der Waals surface area contributed by atoms with Crippen molar-refractivity contribution in [3.8, 4) is 0 Å². The van der Waals surface area contributed by atoms with Gasteiger partial charge in [0.25, 0.3) is 5.91 Å². The van der Waals surface area contributed by atoms with Gasteiger partial charge in [-0.05, 0) is 73.6 Å². The van der Waals surface area contributed by atoms with E-state index in [1.807, 2.05) is 32.0 Å². The van der Waals surface area contributed by atoms with E-state index in [1.54, 1.807) is 7.05 Å². The summed E-state index contributed by atoms with van der Waals surface area (Å²) >= 11 is 0. The van der Waals surface area contributed by atoms with Crippen LogP contribution in [0.4, 0.5) is 5.69 Å².